The van der Waals surface area contributed by atoms with Crippen LogP contribution in [0.5, 0.6) is 0 Å². The maximum atomic E-state index is 4.38. The van der Waals surface area contributed by atoms with Crippen LogP contribution in [0.4, 0.5) is 5.69 Å². The molecule has 1 aromatic carbocycles. The summed E-state index contributed by atoms with van der Waals surface area (Å²) in [6.07, 6.45) is 5.36. The lowest BCUT2D eigenvalue weighted by molar-refractivity contribution is 1.07. The molecule has 0 atom stereocenters. The first-order valence-electron chi connectivity index (χ1n) is 5.79. The zero-order valence-electron chi connectivity index (χ0n) is 10.4. The molecular formula is C14H16N4. The van der Waals surface area contributed by atoms with E-state index in [0.29, 0.717) is 6.54 Å². The van der Waals surface area contributed by atoms with E-state index >= 15 is 0 Å². The summed E-state index contributed by atoms with van der Waals surface area (Å²) in [5.41, 5.74) is 2.94. The van der Waals surface area contributed by atoms with Crippen molar-refractivity contribution in [2.45, 2.75) is 6.92 Å². The van der Waals surface area contributed by atoms with E-state index in [4.69, 9.17) is 0 Å². The molecule has 2 aromatic rings. The third-order valence-electron chi connectivity index (χ3n) is 2.44. The minimum absolute atomic E-state index is 0.716. The Kier molecular flexibility index (Phi) is 3.91. The van der Waals surface area contributed by atoms with Crippen LogP contribution >= 0.6 is 0 Å². The summed E-state index contributed by atoms with van der Waals surface area (Å²) >= 11 is 0. The third kappa shape index (κ3) is 3.07. The lowest BCUT2D eigenvalue weighted by atomic mass is 10.1. The first-order chi connectivity index (χ1) is 8.79. The fourth-order valence-electron chi connectivity index (χ4n) is 1.54. The second kappa shape index (κ2) is 5.82. The summed E-state index contributed by atoms with van der Waals surface area (Å²) in [7, 11) is 0. The second-order valence-electron chi connectivity index (χ2n) is 3.87. The number of aromatic nitrogens is 2. The summed E-state index contributed by atoms with van der Waals surface area (Å²) in [4.78, 5) is 11.7. The van der Waals surface area contributed by atoms with Crippen molar-refractivity contribution in [1.82, 2.24) is 15.3 Å². The van der Waals surface area contributed by atoms with E-state index in [1.807, 2.05) is 37.4 Å². The van der Waals surface area contributed by atoms with Gasteiger partial charge < -0.3 is 10.3 Å². The van der Waals surface area contributed by atoms with Gasteiger partial charge in [-0.05, 0) is 19.1 Å². The van der Waals surface area contributed by atoms with Crippen molar-refractivity contribution in [3.05, 3.63) is 48.9 Å². The van der Waals surface area contributed by atoms with E-state index in [-0.39, 0.29) is 0 Å². The molecule has 0 aliphatic carbocycles. The molecule has 92 valence electrons. The molecule has 18 heavy (non-hydrogen) atoms. The van der Waals surface area contributed by atoms with Gasteiger partial charge in [0.05, 0.1) is 17.7 Å². The predicted molar refractivity (Wildman–Crippen MR) is 75.1 cm³/mol. The Labute approximate surface area is 106 Å². The lowest BCUT2D eigenvalue weighted by Crippen LogP contribution is -2.09. The Morgan fingerprint density at radius 2 is 2.17 bits per heavy atom. The van der Waals surface area contributed by atoms with E-state index in [1.54, 1.807) is 12.4 Å². The van der Waals surface area contributed by atoms with Gasteiger partial charge in [0.2, 0.25) is 0 Å². The summed E-state index contributed by atoms with van der Waals surface area (Å²) in [6, 6.07) is 7.95. The number of nitrogens with zero attached hydrogens (tertiary/aromatic N) is 2. The molecule has 1 heterocycles. The summed E-state index contributed by atoms with van der Waals surface area (Å²) < 4.78 is 0. The summed E-state index contributed by atoms with van der Waals surface area (Å²) in [6.45, 7) is 6.27. The van der Waals surface area contributed by atoms with Gasteiger partial charge in [-0.2, -0.15) is 0 Å². The monoisotopic (exact) mass is 240 g/mol. The smallest absolute Gasteiger partial charge is 0.103 e. The van der Waals surface area contributed by atoms with Gasteiger partial charge in [0.1, 0.15) is 5.82 Å². The molecule has 1 aromatic heterocycles. The Morgan fingerprint density at radius 3 is 2.78 bits per heavy atom. The normalized spacial score (nSPS) is 10.7. The SMILES string of the molecule is C=CCN/C=N/c1ccc(-c2c[nH]c(C)n2)cc1. The first-order valence-corrected chi connectivity index (χ1v) is 5.79. The number of aryl methyl sites for hydroxylation is 1. The number of hydrogen-bond donors (Lipinski definition) is 2. The van der Waals surface area contributed by atoms with Gasteiger partial charge in [-0.25, -0.2) is 9.98 Å². The van der Waals surface area contributed by atoms with Crippen LogP contribution in [-0.2, 0) is 0 Å². The minimum atomic E-state index is 0.716. The van der Waals surface area contributed by atoms with Crippen molar-refractivity contribution >= 4 is 12.0 Å². The van der Waals surface area contributed by atoms with Crippen molar-refractivity contribution in [3.63, 3.8) is 0 Å². The van der Waals surface area contributed by atoms with Crippen molar-refractivity contribution in [2.24, 2.45) is 4.99 Å². The molecule has 0 saturated carbocycles. The molecule has 2 rings (SSSR count). The van der Waals surface area contributed by atoms with Crippen LogP contribution < -0.4 is 5.32 Å². The van der Waals surface area contributed by atoms with E-state index in [0.717, 1.165) is 22.8 Å². The Morgan fingerprint density at radius 1 is 1.39 bits per heavy atom. The molecule has 0 aliphatic heterocycles. The number of aliphatic imine (C=N–C) groups is 1. The minimum Gasteiger partial charge on any atom is -0.373 e. The van der Waals surface area contributed by atoms with Crippen molar-refractivity contribution in [2.75, 3.05) is 6.54 Å². The molecule has 0 fully saturated rings. The fourth-order valence-corrected chi connectivity index (χ4v) is 1.54. The largest absolute Gasteiger partial charge is 0.373 e. The fraction of sp³-hybridized carbons (Fsp3) is 0.143. The van der Waals surface area contributed by atoms with Crippen LogP contribution in [-0.4, -0.2) is 22.9 Å². The van der Waals surface area contributed by atoms with Crippen LogP contribution in [0.3, 0.4) is 0 Å². The molecule has 0 amide bonds. The molecule has 0 saturated heterocycles. The Bertz CT molecular complexity index is 537. The second-order valence-corrected chi connectivity index (χ2v) is 3.87. The predicted octanol–water partition coefficient (Wildman–Crippen LogP) is 2.82. The number of rotatable bonds is 5. The highest BCUT2D eigenvalue weighted by Crippen LogP contribution is 2.20. The number of H-pyrrole nitrogens is 1. The third-order valence-corrected chi connectivity index (χ3v) is 2.44. The number of benzene rings is 1. The lowest BCUT2D eigenvalue weighted by Gasteiger charge is -1.98. The Hall–Kier alpha value is -2.36. The molecule has 0 spiro atoms. The highest BCUT2D eigenvalue weighted by atomic mass is 14.9. The number of aromatic amines is 1. The molecule has 4 nitrogen and oxygen atoms in total. The maximum absolute atomic E-state index is 4.38. The van der Waals surface area contributed by atoms with Gasteiger partial charge in [-0.3, -0.25) is 0 Å². The Balaban J connectivity index is 2.05. The summed E-state index contributed by atoms with van der Waals surface area (Å²) in [5.74, 6) is 0.917. The van der Waals surface area contributed by atoms with E-state index in [2.05, 4.69) is 26.9 Å². The topological polar surface area (TPSA) is 53.1 Å². The molecule has 0 radical (unpaired) electrons. The highest BCUT2D eigenvalue weighted by molar-refractivity contribution is 5.65. The van der Waals surface area contributed by atoms with Crippen LogP contribution in [0.25, 0.3) is 11.3 Å². The zero-order valence-corrected chi connectivity index (χ0v) is 10.4. The molecule has 0 aliphatic rings. The highest BCUT2D eigenvalue weighted by Gasteiger charge is 2.00. The maximum Gasteiger partial charge on any atom is 0.103 e. The van der Waals surface area contributed by atoms with E-state index < -0.39 is 0 Å². The van der Waals surface area contributed by atoms with Gasteiger partial charge in [0.15, 0.2) is 0 Å². The number of imidazole rings is 1. The molecule has 0 bridgehead atoms. The molecule has 2 N–H and O–H groups in total. The van der Waals surface area contributed by atoms with Gasteiger partial charge in [0.25, 0.3) is 0 Å². The van der Waals surface area contributed by atoms with Crippen molar-refractivity contribution in [3.8, 4) is 11.3 Å². The van der Waals surface area contributed by atoms with E-state index in [9.17, 15) is 0 Å². The average molecular weight is 240 g/mol. The van der Waals surface area contributed by atoms with Crippen LogP contribution in [0.15, 0.2) is 48.1 Å². The van der Waals surface area contributed by atoms with Gasteiger partial charge in [0, 0.05) is 18.3 Å². The number of nitrogens with one attached hydrogen (secondary N) is 2. The van der Waals surface area contributed by atoms with Crippen molar-refractivity contribution in [1.29, 1.82) is 0 Å². The van der Waals surface area contributed by atoms with E-state index in [1.165, 1.54) is 0 Å². The van der Waals surface area contributed by atoms with Crippen LogP contribution in [0.2, 0.25) is 0 Å². The van der Waals surface area contributed by atoms with Gasteiger partial charge in [-0.15, -0.1) is 6.58 Å². The summed E-state index contributed by atoms with van der Waals surface area (Å²) in [5, 5.41) is 3.01. The van der Waals surface area contributed by atoms with Crippen LogP contribution in [0.1, 0.15) is 5.82 Å². The average Bonchev–Trinajstić information content (AvgIpc) is 2.82. The molecule has 0 unspecified atom stereocenters. The van der Waals surface area contributed by atoms with Crippen molar-refractivity contribution < 1.29 is 0 Å². The standard InChI is InChI=1S/C14H16N4/c1-3-8-15-10-17-13-6-4-12(5-7-13)14-9-16-11(2)18-14/h3-7,9-10H,1,8H2,2H3,(H,15,17)(H,16,18). The van der Waals surface area contributed by atoms with Gasteiger partial charge in [-0.1, -0.05) is 18.2 Å². The van der Waals surface area contributed by atoms with Gasteiger partial charge >= 0.3 is 0 Å². The first kappa shape index (κ1) is 12.1. The van der Waals surface area contributed by atoms with Crippen LogP contribution in [0, 0.1) is 6.92 Å². The molecule has 4 heteroatoms. The number of hydrogen-bond acceptors (Lipinski definition) is 2. The quantitative estimate of drug-likeness (QED) is 0.365. The zero-order chi connectivity index (χ0) is 12.8. The molecular weight excluding hydrogens is 224 g/mol.